The Morgan fingerprint density at radius 1 is 1.62 bits per heavy atom. The number of hydrogen-bond donors (Lipinski definition) is 0. The van der Waals surface area contributed by atoms with Gasteiger partial charge in [0.05, 0.1) is 11.1 Å². The van der Waals surface area contributed by atoms with Gasteiger partial charge in [0.1, 0.15) is 5.82 Å². The maximum atomic E-state index is 5.09. The highest BCUT2D eigenvalue weighted by molar-refractivity contribution is 9.10. The number of ether oxygens (including phenoxy) is 1. The molecule has 0 saturated heterocycles. The third-order valence-corrected chi connectivity index (χ3v) is 3.26. The lowest BCUT2D eigenvalue weighted by atomic mass is 10.3. The largest absolute Gasteiger partial charge is 0.383 e. The number of aryl methyl sites for hydroxylation is 1. The van der Waals surface area contributed by atoms with E-state index >= 15 is 0 Å². The molecule has 3 nitrogen and oxygen atoms in total. The van der Waals surface area contributed by atoms with Crippen LogP contribution in [-0.2, 0) is 4.74 Å². The molecule has 0 aliphatic rings. The van der Waals surface area contributed by atoms with Gasteiger partial charge in [0, 0.05) is 26.4 Å². The van der Waals surface area contributed by atoms with E-state index in [9.17, 15) is 0 Å². The van der Waals surface area contributed by atoms with Gasteiger partial charge in [-0.15, -0.1) is 6.58 Å². The van der Waals surface area contributed by atoms with Gasteiger partial charge >= 0.3 is 0 Å². The molecule has 0 unspecified atom stereocenters. The van der Waals surface area contributed by atoms with Crippen LogP contribution in [-0.4, -0.2) is 31.8 Å². The van der Waals surface area contributed by atoms with Crippen LogP contribution in [0.15, 0.2) is 29.4 Å². The molecule has 1 rings (SSSR count). The molecule has 0 radical (unpaired) electrons. The van der Waals surface area contributed by atoms with Gasteiger partial charge in [-0.05, 0) is 34.5 Å². The predicted octanol–water partition coefficient (Wildman–Crippen LogP) is 2.79. The van der Waals surface area contributed by atoms with Crippen LogP contribution >= 0.6 is 15.9 Å². The molecule has 16 heavy (non-hydrogen) atoms. The summed E-state index contributed by atoms with van der Waals surface area (Å²) in [6, 6.07) is 1.98. The fraction of sp³-hybridized carbons (Fsp3) is 0.417. The van der Waals surface area contributed by atoms with Gasteiger partial charge in [-0.3, -0.25) is 0 Å². The molecule has 0 aliphatic heterocycles. The smallest absolute Gasteiger partial charge is 0.143 e. The topological polar surface area (TPSA) is 25.4 Å². The Hall–Kier alpha value is -0.870. The highest BCUT2D eigenvalue weighted by Gasteiger charge is 2.11. The molecule has 0 aromatic carbocycles. The molecule has 1 aromatic rings. The van der Waals surface area contributed by atoms with E-state index in [1.807, 2.05) is 18.3 Å². The van der Waals surface area contributed by atoms with Crippen molar-refractivity contribution in [3.63, 3.8) is 0 Å². The van der Waals surface area contributed by atoms with Crippen LogP contribution in [0, 0.1) is 6.92 Å². The summed E-state index contributed by atoms with van der Waals surface area (Å²) in [4.78, 5) is 6.52. The molecule has 0 fully saturated rings. The Morgan fingerprint density at radius 2 is 2.38 bits per heavy atom. The average Bonchev–Trinajstić information content (AvgIpc) is 2.28. The van der Waals surface area contributed by atoms with Crippen LogP contribution in [0.2, 0.25) is 0 Å². The quantitative estimate of drug-likeness (QED) is 0.751. The highest BCUT2D eigenvalue weighted by Crippen LogP contribution is 2.26. The molecule has 0 saturated carbocycles. The van der Waals surface area contributed by atoms with Crippen molar-refractivity contribution >= 4 is 21.7 Å². The summed E-state index contributed by atoms with van der Waals surface area (Å²) >= 11 is 3.56. The SMILES string of the molecule is C=CCN(CCOC)c1nccc(C)c1Br. The highest BCUT2D eigenvalue weighted by atomic mass is 79.9. The third kappa shape index (κ3) is 3.32. The number of halogens is 1. The molecule has 0 atom stereocenters. The van der Waals surface area contributed by atoms with Crippen molar-refractivity contribution in [2.24, 2.45) is 0 Å². The fourth-order valence-corrected chi connectivity index (χ4v) is 1.87. The number of anilines is 1. The molecule has 0 bridgehead atoms. The molecule has 1 heterocycles. The Morgan fingerprint density at radius 3 is 3.00 bits per heavy atom. The van der Waals surface area contributed by atoms with E-state index in [0.29, 0.717) is 6.61 Å². The minimum absolute atomic E-state index is 0.676. The van der Waals surface area contributed by atoms with Gasteiger partial charge in [0.2, 0.25) is 0 Å². The van der Waals surface area contributed by atoms with E-state index in [2.05, 4.69) is 39.3 Å². The van der Waals surface area contributed by atoms with E-state index in [1.165, 1.54) is 5.56 Å². The van der Waals surface area contributed by atoms with E-state index in [0.717, 1.165) is 23.4 Å². The first-order valence-corrected chi connectivity index (χ1v) is 5.96. The van der Waals surface area contributed by atoms with E-state index < -0.39 is 0 Å². The van der Waals surface area contributed by atoms with Crippen molar-refractivity contribution in [2.45, 2.75) is 6.92 Å². The zero-order chi connectivity index (χ0) is 12.0. The molecule has 4 heteroatoms. The molecular weight excluding hydrogens is 268 g/mol. The van der Waals surface area contributed by atoms with E-state index in [4.69, 9.17) is 4.74 Å². The lowest BCUT2D eigenvalue weighted by molar-refractivity contribution is 0.205. The van der Waals surface area contributed by atoms with Crippen molar-refractivity contribution in [1.82, 2.24) is 4.98 Å². The first-order valence-electron chi connectivity index (χ1n) is 5.16. The molecule has 0 aliphatic carbocycles. The van der Waals surface area contributed by atoms with Gasteiger partial charge in [-0.1, -0.05) is 6.08 Å². The second-order valence-corrected chi connectivity index (χ2v) is 4.29. The Bertz CT molecular complexity index is 355. The van der Waals surface area contributed by atoms with Crippen LogP contribution in [0.4, 0.5) is 5.82 Å². The van der Waals surface area contributed by atoms with Gasteiger partial charge in [0.25, 0.3) is 0 Å². The predicted molar refractivity (Wildman–Crippen MR) is 71.0 cm³/mol. The number of methoxy groups -OCH3 is 1. The molecule has 0 spiro atoms. The average molecular weight is 285 g/mol. The summed E-state index contributed by atoms with van der Waals surface area (Å²) in [6.07, 6.45) is 3.68. The normalized spacial score (nSPS) is 10.2. The number of aromatic nitrogens is 1. The molecular formula is C12H17BrN2O. The summed E-state index contributed by atoms with van der Waals surface area (Å²) in [5, 5.41) is 0. The summed E-state index contributed by atoms with van der Waals surface area (Å²) in [7, 11) is 1.70. The summed E-state index contributed by atoms with van der Waals surface area (Å²) in [5.41, 5.74) is 1.18. The first kappa shape index (κ1) is 13.2. The molecule has 0 N–H and O–H groups in total. The van der Waals surface area contributed by atoms with Crippen LogP contribution in [0.3, 0.4) is 0 Å². The Balaban J connectivity index is 2.91. The summed E-state index contributed by atoms with van der Waals surface area (Å²) in [6.45, 7) is 8.06. The summed E-state index contributed by atoms with van der Waals surface area (Å²) < 4.78 is 6.13. The number of pyridine rings is 1. The maximum absolute atomic E-state index is 5.09. The molecule has 88 valence electrons. The minimum atomic E-state index is 0.676. The van der Waals surface area contributed by atoms with Crippen LogP contribution < -0.4 is 4.90 Å². The lowest BCUT2D eigenvalue weighted by Gasteiger charge is -2.23. The van der Waals surface area contributed by atoms with Crippen molar-refractivity contribution in [1.29, 1.82) is 0 Å². The van der Waals surface area contributed by atoms with Gasteiger partial charge in [0.15, 0.2) is 0 Å². The van der Waals surface area contributed by atoms with Crippen molar-refractivity contribution in [2.75, 3.05) is 31.7 Å². The van der Waals surface area contributed by atoms with Gasteiger partial charge < -0.3 is 9.64 Å². The van der Waals surface area contributed by atoms with E-state index in [-0.39, 0.29) is 0 Å². The third-order valence-electron chi connectivity index (χ3n) is 2.28. The van der Waals surface area contributed by atoms with Crippen LogP contribution in [0.1, 0.15) is 5.56 Å². The van der Waals surface area contributed by atoms with Gasteiger partial charge in [-0.25, -0.2) is 4.98 Å². The molecule has 0 amide bonds. The van der Waals surface area contributed by atoms with E-state index in [1.54, 1.807) is 7.11 Å². The first-order chi connectivity index (χ1) is 7.70. The minimum Gasteiger partial charge on any atom is -0.383 e. The second kappa shape index (κ2) is 6.66. The van der Waals surface area contributed by atoms with Crippen LogP contribution in [0.5, 0.6) is 0 Å². The Kier molecular flexibility index (Phi) is 5.49. The zero-order valence-electron chi connectivity index (χ0n) is 9.74. The Labute approximate surface area is 105 Å². The lowest BCUT2D eigenvalue weighted by Crippen LogP contribution is -2.28. The monoisotopic (exact) mass is 284 g/mol. The maximum Gasteiger partial charge on any atom is 0.143 e. The van der Waals surface area contributed by atoms with Crippen molar-refractivity contribution in [3.8, 4) is 0 Å². The van der Waals surface area contributed by atoms with Crippen molar-refractivity contribution in [3.05, 3.63) is 35.0 Å². The van der Waals surface area contributed by atoms with Crippen LogP contribution in [0.25, 0.3) is 0 Å². The summed E-state index contributed by atoms with van der Waals surface area (Å²) in [5.74, 6) is 0.942. The second-order valence-electron chi connectivity index (χ2n) is 3.49. The number of hydrogen-bond acceptors (Lipinski definition) is 3. The van der Waals surface area contributed by atoms with Gasteiger partial charge in [-0.2, -0.15) is 0 Å². The number of nitrogens with zero attached hydrogens (tertiary/aromatic N) is 2. The van der Waals surface area contributed by atoms with Crippen molar-refractivity contribution < 1.29 is 4.74 Å². The standard InChI is InChI=1S/C12H17BrN2O/c1-4-7-15(8-9-16-3)12-11(13)10(2)5-6-14-12/h4-6H,1,7-9H2,2-3H3. The molecule has 1 aromatic heterocycles. The zero-order valence-corrected chi connectivity index (χ0v) is 11.3. The fourth-order valence-electron chi connectivity index (χ4n) is 1.39. The number of rotatable bonds is 6.